The highest BCUT2D eigenvalue weighted by molar-refractivity contribution is 7.98. The van der Waals surface area contributed by atoms with E-state index >= 15 is 0 Å². The van der Waals surface area contributed by atoms with Gasteiger partial charge in [0.05, 0.1) is 11.3 Å². The van der Waals surface area contributed by atoms with Crippen molar-refractivity contribution in [2.75, 3.05) is 6.26 Å². The maximum atomic E-state index is 12.4. The minimum atomic E-state index is -1.02. The van der Waals surface area contributed by atoms with Crippen LogP contribution in [0.5, 0.6) is 0 Å². The SMILES string of the molecule is CCCCC(NC(=O)c1c(C)nc(C)nc1SC)C(=O)O. The summed E-state index contributed by atoms with van der Waals surface area (Å²) in [6.45, 7) is 5.46. The number of nitrogens with one attached hydrogen (secondary N) is 1. The zero-order valence-corrected chi connectivity index (χ0v) is 13.6. The Hall–Kier alpha value is -1.63. The van der Waals surface area contributed by atoms with Crippen molar-refractivity contribution in [1.29, 1.82) is 0 Å². The summed E-state index contributed by atoms with van der Waals surface area (Å²) in [5.41, 5.74) is 0.917. The van der Waals surface area contributed by atoms with Crippen molar-refractivity contribution >= 4 is 23.6 Å². The fourth-order valence-corrected chi connectivity index (χ4v) is 2.65. The fraction of sp³-hybridized carbons (Fsp3) is 0.571. The number of carboxylic acid groups (broad SMARTS) is 1. The number of carbonyl (C=O) groups is 2. The molecular weight excluding hydrogens is 290 g/mol. The Morgan fingerprint density at radius 2 is 2.00 bits per heavy atom. The summed E-state index contributed by atoms with van der Waals surface area (Å²) >= 11 is 1.35. The first-order valence-electron chi connectivity index (χ1n) is 6.83. The molecule has 0 aromatic carbocycles. The number of rotatable bonds is 7. The zero-order valence-electron chi connectivity index (χ0n) is 12.8. The van der Waals surface area contributed by atoms with Gasteiger partial charge in [-0.15, -0.1) is 11.8 Å². The first-order valence-corrected chi connectivity index (χ1v) is 8.06. The van der Waals surface area contributed by atoms with E-state index in [1.807, 2.05) is 13.2 Å². The van der Waals surface area contributed by atoms with Gasteiger partial charge in [0, 0.05) is 0 Å². The van der Waals surface area contributed by atoms with Crippen LogP contribution in [0.25, 0.3) is 0 Å². The number of carboxylic acids is 1. The van der Waals surface area contributed by atoms with Crippen LogP contribution in [-0.4, -0.2) is 39.2 Å². The van der Waals surface area contributed by atoms with Gasteiger partial charge in [0.25, 0.3) is 5.91 Å². The van der Waals surface area contributed by atoms with Gasteiger partial charge < -0.3 is 10.4 Å². The second kappa shape index (κ2) is 7.97. The molecule has 0 bridgehead atoms. The third kappa shape index (κ3) is 4.70. The molecule has 7 heteroatoms. The predicted molar refractivity (Wildman–Crippen MR) is 81.7 cm³/mol. The molecule has 1 amide bonds. The topological polar surface area (TPSA) is 92.2 Å². The Labute approximate surface area is 128 Å². The van der Waals surface area contributed by atoms with Crippen molar-refractivity contribution in [2.24, 2.45) is 0 Å². The Morgan fingerprint density at radius 3 is 2.52 bits per heavy atom. The fourth-order valence-electron chi connectivity index (χ4n) is 1.99. The van der Waals surface area contributed by atoms with Crippen molar-refractivity contribution in [2.45, 2.75) is 51.1 Å². The molecule has 1 aromatic rings. The number of amides is 1. The van der Waals surface area contributed by atoms with Crippen LogP contribution in [0.3, 0.4) is 0 Å². The first-order chi connectivity index (χ1) is 9.90. The Bertz CT molecular complexity index is 534. The van der Waals surface area contributed by atoms with E-state index < -0.39 is 17.9 Å². The number of thioether (sulfide) groups is 1. The quantitative estimate of drug-likeness (QED) is 0.592. The number of hydrogen-bond donors (Lipinski definition) is 2. The Kier molecular flexibility index (Phi) is 6.61. The van der Waals surface area contributed by atoms with Crippen molar-refractivity contribution in [1.82, 2.24) is 15.3 Å². The smallest absolute Gasteiger partial charge is 0.326 e. The molecule has 0 aliphatic rings. The van der Waals surface area contributed by atoms with Crippen LogP contribution >= 0.6 is 11.8 Å². The zero-order chi connectivity index (χ0) is 16.0. The second-order valence-corrected chi connectivity index (χ2v) is 5.54. The van der Waals surface area contributed by atoms with Gasteiger partial charge in [-0.3, -0.25) is 4.79 Å². The monoisotopic (exact) mass is 311 g/mol. The van der Waals surface area contributed by atoms with Crippen LogP contribution < -0.4 is 5.32 Å². The highest BCUT2D eigenvalue weighted by Crippen LogP contribution is 2.20. The number of aliphatic carboxylic acids is 1. The molecule has 0 radical (unpaired) electrons. The molecule has 1 rings (SSSR count). The van der Waals surface area contributed by atoms with Gasteiger partial charge >= 0.3 is 5.97 Å². The number of carbonyl (C=O) groups excluding carboxylic acids is 1. The minimum Gasteiger partial charge on any atom is -0.480 e. The molecule has 0 aliphatic carbocycles. The lowest BCUT2D eigenvalue weighted by Crippen LogP contribution is -2.41. The summed E-state index contributed by atoms with van der Waals surface area (Å²) in [5.74, 6) is -0.859. The summed E-state index contributed by atoms with van der Waals surface area (Å²) in [6.07, 6.45) is 3.86. The summed E-state index contributed by atoms with van der Waals surface area (Å²) in [6, 6.07) is -0.882. The van der Waals surface area contributed by atoms with Gasteiger partial charge in [-0.2, -0.15) is 0 Å². The van der Waals surface area contributed by atoms with Crippen LogP contribution in [0.15, 0.2) is 5.03 Å². The molecule has 0 aliphatic heterocycles. The van der Waals surface area contributed by atoms with Gasteiger partial charge in [0.1, 0.15) is 16.9 Å². The number of aryl methyl sites for hydroxylation is 2. The molecule has 0 fully saturated rings. The highest BCUT2D eigenvalue weighted by Gasteiger charge is 2.24. The normalized spacial score (nSPS) is 12.0. The van der Waals surface area contributed by atoms with Gasteiger partial charge in [-0.25, -0.2) is 14.8 Å². The van der Waals surface area contributed by atoms with E-state index in [-0.39, 0.29) is 0 Å². The van der Waals surface area contributed by atoms with Crippen molar-refractivity contribution in [3.8, 4) is 0 Å². The van der Waals surface area contributed by atoms with E-state index in [4.69, 9.17) is 0 Å². The number of hydrogen-bond acceptors (Lipinski definition) is 5. The van der Waals surface area contributed by atoms with E-state index in [1.165, 1.54) is 11.8 Å². The molecular formula is C14H21N3O3S. The van der Waals surface area contributed by atoms with Crippen LogP contribution in [0.4, 0.5) is 0 Å². The molecule has 1 aromatic heterocycles. The van der Waals surface area contributed by atoms with E-state index in [0.29, 0.717) is 28.5 Å². The standard InChI is InChI=1S/C14H21N3O3S/c1-5-6-7-10(14(19)20)17-12(18)11-8(2)15-9(3)16-13(11)21-4/h10H,5-7H2,1-4H3,(H,17,18)(H,19,20). The van der Waals surface area contributed by atoms with Crippen LogP contribution in [-0.2, 0) is 4.79 Å². The van der Waals surface area contributed by atoms with Crippen LogP contribution in [0.1, 0.15) is 48.1 Å². The van der Waals surface area contributed by atoms with Gasteiger partial charge in [0.2, 0.25) is 0 Å². The average Bonchev–Trinajstić information content (AvgIpc) is 2.41. The molecule has 116 valence electrons. The number of nitrogens with zero attached hydrogens (tertiary/aromatic N) is 2. The van der Waals surface area contributed by atoms with Gasteiger partial charge in [-0.1, -0.05) is 19.8 Å². The van der Waals surface area contributed by atoms with Crippen molar-refractivity contribution in [3.63, 3.8) is 0 Å². The third-order valence-electron chi connectivity index (χ3n) is 3.04. The molecule has 2 N–H and O–H groups in total. The van der Waals surface area contributed by atoms with E-state index in [9.17, 15) is 14.7 Å². The second-order valence-electron chi connectivity index (χ2n) is 4.75. The van der Waals surface area contributed by atoms with E-state index in [0.717, 1.165) is 12.8 Å². The lowest BCUT2D eigenvalue weighted by atomic mass is 10.1. The van der Waals surface area contributed by atoms with Crippen LogP contribution in [0.2, 0.25) is 0 Å². The van der Waals surface area contributed by atoms with Gasteiger partial charge in [0.15, 0.2) is 0 Å². The molecule has 21 heavy (non-hydrogen) atoms. The first kappa shape index (κ1) is 17.4. The number of aromatic nitrogens is 2. The summed E-state index contributed by atoms with van der Waals surface area (Å²) < 4.78 is 0. The van der Waals surface area contributed by atoms with E-state index in [1.54, 1.807) is 13.8 Å². The lowest BCUT2D eigenvalue weighted by molar-refractivity contribution is -0.139. The lowest BCUT2D eigenvalue weighted by Gasteiger charge is -2.16. The molecule has 1 atom stereocenters. The minimum absolute atomic E-state index is 0.357. The Balaban J connectivity index is 3.00. The Morgan fingerprint density at radius 1 is 1.33 bits per heavy atom. The highest BCUT2D eigenvalue weighted by atomic mass is 32.2. The van der Waals surface area contributed by atoms with Gasteiger partial charge in [-0.05, 0) is 26.5 Å². The molecule has 1 heterocycles. The molecule has 0 saturated carbocycles. The van der Waals surface area contributed by atoms with E-state index in [2.05, 4.69) is 15.3 Å². The molecule has 6 nitrogen and oxygen atoms in total. The largest absolute Gasteiger partial charge is 0.480 e. The molecule has 0 spiro atoms. The third-order valence-corrected chi connectivity index (χ3v) is 3.72. The van der Waals surface area contributed by atoms with Crippen LogP contribution in [0, 0.1) is 13.8 Å². The molecule has 1 unspecified atom stereocenters. The average molecular weight is 311 g/mol. The summed E-state index contributed by atoms with van der Waals surface area (Å²) in [5, 5.41) is 12.3. The van der Waals surface area contributed by atoms with Crippen molar-refractivity contribution < 1.29 is 14.7 Å². The maximum absolute atomic E-state index is 12.4. The summed E-state index contributed by atoms with van der Waals surface area (Å²) in [7, 11) is 0. The maximum Gasteiger partial charge on any atom is 0.326 e. The summed E-state index contributed by atoms with van der Waals surface area (Å²) in [4.78, 5) is 32.0. The predicted octanol–water partition coefficient (Wildman–Crippen LogP) is 2.19. The molecule has 0 saturated heterocycles. The number of unbranched alkanes of at least 4 members (excludes halogenated alkanes) is 1. The van der Waals surface area contributed by atoms with Crippen molar-refractivity contribution in [3.05, 3.63) is 17.1 Å².